The van der Waals surface area contributed by atoms with Crippen LogP contribution in [0.3, 0.4) is 0 Å². The van der Waals surface area contributed by atoms with E-state index in [0.29, 0.717) is 29.8 Å². The fourth-order valence-corrected chi connectivity index (χ4v) is 5.42. The maximum Gasteiger partial charge on any atom is 0.270 e. The van der Waals surface area contributed by atoms with E-state index in [2.05, 4.69) is 34.7 Å². The van der Waals surface area contributed by atoms with Crippen LogP contribution in [0.2, 0.25) is 0 Å². The zero-order valence-electron chi connectivity index (χ0n) is 20.9. The van der Waals surface area contributed by atoms with E-state index >= 15 is 0 Å². The molecule has 0 saturated carbocycles. The quantitative estimate of drug-likeness (QED) is 0.405. The Balaban J connectivity index is 1.58. The number of piperazine rings is 1. The average Bonchev–Trinajstić information content (AvgIpc) is 2.90. The van der Waals surface area contributed by atoms with Crippen molar-refractivity contribution in [3.63, 3.8) is 0 Å². The first-order valence-electron chi connectivity index (χ1n) is 12.2. The number of hydrogen-bond acceptors (Lipinski definition) is 5. The van der Waals surface area contributed by atoms with Gasteiger partial charge in [0.2, 0.25) is 0 Å². The van der Waals surface area contributed by atoms with Gasteiger partial charge in [0.25, 0.3) is 5.56 Å². The number of nitriles is 1. The summed E-state index contributed by atoms with van der Waals surface area (Å²) in [7, 11) is 1.65. The molecular weight excluding hydrogens is 472 g/mol. The summed E-state index contributed by atoms with van der Waals surface area (Å²) in [5.74, 6) is -0.635. The van der Waals surface area contributed by atoms with Gasteiger partial charge in [-0.15, -0.1) is 0 Å². The molecular formula is C29H27F2N5O. The molecule has 1 aliphatic rings. The number of halogens is 2. The van der Waals surface area contributed by atoms with Crippen molar-refractivity contribution in [3.05, 3.63) is 106 Å². The van der Waals surface area contributed by atoms with E-state index in [1.54, 1.807) is 43.6 Å². The molecule has 2 aromatic carbocycles. The molecule has 0 spiro atoms. The van der Waals surface area contributed by atoms with Crippen molar-refractivity contribution in [2.75, 3.05) is 18.0 Å². The number of pyridine rings is 2. The van der Waals surface area contributed by atoms with Crippen molar-refractivity contribution >= 4 is 16.7 Å². The van der Waals surface area contributed by atoms with Crippen LogP contribution in [0, 0.1) is 23.0 Å². The zero-order chi connectivity index (χ0) is 26.3. The highest BCUT2D eigenvalue weighted by Gasteiger charge is 2.37. The summed E-state index contributed by atoms with van der Waals surface area (Å²) >= 11 is 0. The summed E-state index contributed by atoms with van der Waals surface area (Å²) in [6.07, 6.45) is 1.67. The van der Waals surface area contributed by atoms with Crippen molar-refractivity contribution < 1.29 is 8.78 Å². The van der Waals surface area contributed by atoms with Crippen LogP contribution in [-0.4, -0.2) is 39.6 Å². The predicted molar refractivity (Wildman–Crippen MR) is 139 cm³/mol. The van der Waals surface area contributed by atoms with Crippen LogP contribution in [0.1, 0.15) is 36.6 Å². The highest BCUT2D eigenvalue weighted by Crippen LogP contribution is 2.37. The highest BCUT2D eigenvalue weighted by atomic mass is 19.1. The Morgan fingerprint density at radius 3 is 2.11 bits per heavy atom. The van der Waals surface area contributed by atoms with Gasteiger partial charge >= 0.3 is 0 Å². The standard InChI is InChI=1S/C29H27F2N5O/c1-18-17-36(28-24(15-32)29(37)34(3)25-5-4-14-33-26(25)28)19(2)16-35(18)27(20-6-10-22(30)11-7-20)21-8-12-23(31)13-9-21/h4-14,18-19,27H,16-17H2,1-3H3/t18?,19-/m0/s1. The monoisotopic (exact) mass is 499 g/mol. The summed E-state index contributed by atoms with van der Waals surface area (Å²) in [4.78, 5) is 22.0. The Bertz CT molecular complexity index is 1500. The SMILES string of the molecule is CC1CN(c2c(C#N)c(=O)n(C)c3cccnc23)[C@@H](C)CN1C(c1ccc(F)cc1)c1ccc(F)cc1. The van der Waals surface area contributed by atoms with Gasteiger partial charge in [-0.25, -0.2) is 8.78 Å². The summed E-state index contributed by atoms with van der Waals surface area (Å²) < 4.78 is 29.0. The van der Waals surface area contributed by atoms with Gasteiger partial charge in [0.05, 0.1) is 17.2 Å². The molecule has 2 aromatic heterocycles. The Morgan fingerprint density at radius 2 is 1.54 bits per heavy atom. The minimum atomic E-state index is -0.351. The highest BCUT2D eigenvalue weighted by molar-refractivity contribution is 5.91. The molecule has 4 aromatic rings. The number of aryl methyl sites for hydroxylation is 1. The van der Waals surface area contributed by atoms with Crippen LogP contribution < -0.4 is 10.5 Å². The molecule has 8 heteroatoms. The molecule has 37 heavy (non-hydrogen) atoms. The van der Waals surface area contributed by atoms with Crippen molar-refractivity contribution in [2.24, 2.45) is 7.05 Å². The molecule has 6 nitrogen and oxygen atoms in total. The van der Waals surface area contributed by atoms with Gasteiger partial charge in [-0.2, -0.15) is 5.26 Å². The maximum absolute atomic E-state index is 13.8. The number of rotatable bonds is 4. The van der Waals surface area contributed by atoms with Gasteiger partial charge in [0, 0.05) is 38.4 Å². The van der Waals surface area contributed by atoms with Gasteiger partial charge in [0.15, 0.2) is 0 Å². The van der Waals surface area contributed by atoms with E-state index in [1.165, 1.54) is 28.8 Å². The maximum atomic E-state index is 13.8. The van der Waals surface area contributed by atoms with E-state index in [4.69, 9.17) is 0 Å². The molecule has 1 fully saturated rings. The third-order valence-corrected chi connectivity index (χ3v) is 7.26. The van der Waals surface area contributed by atoms with Crippen LogP contribution in [0.15, 0.2) is 71.7 Å². The first-order valence-corrected chi connectivity index (χ1v) is 12.2. The summed E-state index contributed by atoms with van der Waals surface area (Å²) in [5.41, 5.74) is 3.37. The second-order valence-electron chi connectivity index (χ2n) is 9.62. The molecule has 0 amide bonds. The molecule has 188 valence electrons. The van der Waals surface area contributed by atoms with Crippen molar-refractivity contribution in [2.45, 2.75) is 32.0 Å². The minimum Gasteiger partial charge on any atom is -0.363 e. The Morgan fingerprint density at radius 1 is 0.946 bits per heavy atom. The summed E-state index contributed by atoms with van der Waals surface area (Å²) in [5, 5.41) is 9.96. The number of nitrogens with zero attached hydrogens (tertiary/aromatic N) is 5. The van der Waals surface area contributed by atoms with Crippen molar-refractivity contribution in [3.8, 4) is 6.07 Å². The Hall–Kier alpha value is -4.09. The average molecular weight is 500 g/mol. The lowest BCUT2D eigenvalue weighted by Crippen LogP contribution is -2.58. The summed E-state index contributed by atoms with van der Waals surface area (Å²) in [6, 6.07) is 18.2. The largest absolute Gasteiger partial charge is 0.363 e. The molecule has 1 saturated heterocycles. The van der Waals surface area contributed by atoms with E-state index in [-0.39, 0.29) is 40.9 Å². The lowest BCUT2D eigenvalue weighted by atomic mass is 9.93. The van der Waals surface area contributed by atoms with E-state index in [1.807, 2.05) is 6.07 Å². The van der Waals surface area contributed by atoms with Crippen molar-refractivity contribution in [1.82, 2.24) is 14.5 Å². The molecule has 1 aliphatic heterocycles. The number of benzene rings is 2. The van der Waals surface area contributed by atoms with E-state index in [9.17, 15) is 18.8 Å². The van der Waals surface area contributed by atoms with E-state index in [0.717, 1.165) is 11.1 Å². The summed E-state index contributed by atoms with van der Waals surface area (Å²) in [6.45, 7) is 5.27. The minimum absolute atomic E-state index is 0.0225. The lowest BCUT2D eigenvalue weighted by Gasteiger charge is -2.48. The van der Waals surface area contributed by atoms with Crippen LogP contribution in [0.5, 0.6) is 0 Å². The third kappa shape index (κ3) is 4.36. The van der Waals surface area contributed by atoms with E-state index < -0.39 is 0 Å². The molecule has 2 atom stereocenters. The second kappa shape index (κ2) is 9.75. The van der Waals surface area contributed by atoms with Crippen LogP contribution in [0.4, 0.5) is 14.5 Å². The van der Waals surface area contributed by atoms with Gasteiger partial charge in [-0.3, -0.25) is 14.7 Å². The topological polar surface area (TPSA) is 65.2 Å². The normalized spacial score (nSPS) is 18.4. The molecule has 0 N–H and O–H groups in total. The van der Waals surface area contributed by atoms with Gasteiger partial charge < -0.3 is 9.47 Å². The Kier molecular flexibility index (Phi) is 6.48. The smallest absolute Gasteiger partial charge is 0.270 e. The lowest BCUT2D eigenvalue weighted by molar-refractivity contribution is 0.130. The molecule has 0 radical (unpaired) electrons. The van der Waals surface area contributed by atoms with Crippen molar-refractivity contribution in [1.29, 1.82) is 5.26 Å². The van der Waals surface area contributed by atoms with Crippen LogP contribution in [0.25, 0.3) is 11.0 Å². The van der Waals surface area contributed by atoms with Gasteiger partial charge in [-0.05, 0) is 61.4 Å². The van der Waals surface area contributed by atoms with Crippen LogP contribution in [-0.2, 0) is 7.05 Å². The van der Waals surface area contributed by atoms with Crippen LogP contribution >= 0.6 is 0 Å². The molecule has 0 aliphatic carbocycles. The predicted octanol–water partition coefficient (Wildman–Crippen LogP) is 4.77. The Labute approximate surface area is 214 Å². The molecule has 5 rings (SSSR count). The first-order chi connectivity index (χ1) is 17.8. The fraction of sp³-hybridized carbons (Fsp3) is 0.276. The number of fused-ring (bicyclic) bond motifs is 1. The van der Waals surface area contributed by atoms with Gasteiger partial charge in [0.1, 0.15) is 28.8 Å². The first kappa shape index (κ1) is 24.6. The second-order valence-corrected chi connectivity index (χ2v) is 9.62. The molecule has 1 unspecified atom stereocenters. The number of anilines is 1. The fourth-order valence-electron chi connectivity index (χ4n) is 5.42. The zero-order valence-corrected chi connectivity index (χ0v) is 20.9. The molecule has 3 heterocycles. The molecule has 0 bridgehead atoms. The third-order valence-electron chi connectivity index (χ3n) is 7.26. The van der Waals surface area contributed by atoms with Gasteiger partial charge in [-0.1, -0.05) is 24.3 Å². The number of hydrogen-bond donors (Lipinski definition) is 0. The number of aromatic nitrogens is 2.